The minimum absolute atomic E-state index is 0.101. The molecular weight excluding hydrogens is 308 g/mol. The number of likely N-dealkylation sites (N-methyl/N-ethyl adjacent to an activating group) is 2. The molecule has 0 aliphatic carbocycles. The Balaban J connectivity index is 1.92. The van der Waals surface area contributed by atoms with Crippen LogP contribution >= 0.6 is 0 Å². The molecule has 4 amide bonds. The van der Waals surface area contributed by atoms with Crippen LogP contribution in [0, 0.1) is 0 Å². The van der Waals surface area contributed by atoms with Gasteiger partial charge in [0, 0.05) is 37.6 Å². The summed E-state index contributed by atoms with van der Waals surface area (Å²) in [4.78, 5) is 46.3. The Morgan fingerprint density at radius 2 is 1.42 bits per heavy atom. The molecule has 1 fully saturated rings. The summed E-state index contributed by atoms with van der Waals surface area (Å²) in [7, 11) is 2.66. The number of barbiturate groups is 1. The minimum Gasteiger partial charge on any atom is -0.268 e. The van der Waals surface area contributed by atoms with Crippen molar-refractivity contribution in [3.8, 4) is 11.4 Å². The summed E-state index contributed by atoms with van der Waals surface area (Å²) in [5.41, 5.74) is 1.27. The second-order valence-electron chi connectivity index (χ2n) is 5.27. The average Bonchev–Trinajstić information content (AvgIpc) is 2.63. The van der Waals surface area contributed by atoms with Gasteiger partial charge in [-0.3, -0.25) is 19.4 Å². The Hall–Kier alpha value is -3.35. The molecule has 120 valence electrons. The van der Waals surface area contributed by atoms with E-state index >= 15 is 0 Å². The van der Waals surface area contributed by atoms with Crippen LogP contribution in [-0.4, -0.2) is 51.7 Å². The van der Waals surface area contributed by atoms with Crippen molar-refractivity contribution >= 4 is 23.9 Å². The molecule has 0 saturated carbocycles. The van der Waals surface area contributed by atoms with Crippen molar-refractivity contribution in [2.75, 3.05) is 14.1 Å². The topological polar surface area (TPSA) is 83.5 Å². The molecule has 2 aromatic rings. The quantitative estimate of drug-likeness (QED) is 0.619. The monoisotopic (exact) mass is 322 g/mol. The molecule has 1 aliphatic heterocycles. The maximum Gasteiger partial charge on any atom is 0.333 e. The van der Waals surface area contributed by atoms with E-state index in [1.165, 1.54) is 32.6 Å². The molecule has 1 aliphatic rings. The molecule has 3 rings (SSSR count). The van der Waals surface area contributed by atoms with Crippen molar-refractivity contribution in [2.45, 2.75) is 0 Å². The number of carbonyl (C=O) groups is 3. The van der Waals surface area contributed by atoms with Gasteiger partial charge in [-0.15, -0.1) is 0 Å². The van der Waals surface area contributed by atoms with Crippen molar-refractivity contribution < 1.29 is 14.4 Å². The van der Waals surface area contributed by atoms with Crippen LogP contribution in [0.15, 0.2) is 48.3 Å². The van der Waals surface area contributed by atoms with Crippen LogP contribution in [0.5, 0.6) is 0 Å². The molecule has 2 heterocycles. The molecule has 0 N–H and O–H groups in total. The summed E-state index contributed by atoms with van der Waals surface area (Å²) in [6.45, 7) is 0. The predicted octanol–water partition coefficient (Wildman–Crippen LogP) is 1.58. The van der Waals surface area contributed by atoms with E-state index in [9.17, 15) is 14.4 Å². The lowest BCUT2D eigenvalue weighted by Crippen LogP contribution is -2.52. The van der Waals surface area contributed by atoms with Gasteiger partial charge in [0.15, 0.2) is 5.82 Å². The molecule has 7 heteroatoms. The zero-order chi connectivity index (χ0) is 17.3. The highest BCUT2D eigenvalue weighted by molar-refractivity contribution is 6.30. The number of hydrogen-bond acceptors (Lipinski definition) is 5. The number of carbonyl (C=O) groups excluding carboxylic acids is 3. The van der Waals surface area contributed by atoms with E-state index in [2.05, 4.69) is 9.97 Å². The molecule has 0 unspecified atom stereocenters. The van der Waals surface area contributed by atoms with Gasteiger partial charge >= 0.3 is 6.03 Å². The third kappa shape index (κ3) is 2.67. The zero-order valence-electron chi connectivity index (χ0n) is 13.1. The summed E-state index contributed by atoms with van der Waals surface area (Å²) in [6.07, 6.45) is 4.44. The third-order valence-corrected chi connectivity index (χ3v) is 3.66. The maximum absolute atomic E-state index is 12.1. The second-order valence-corrected chi connectivity index (χ2v) is 5.27. The number of rotatable bonds is 2. The summed E-state index contributed by atoms with van der Waals surface area (Å²) < 4.78 is 0. The molecule has 24 heavy (non-hydrogen) atoms. The highest BCUT2D eigenvalue weighted by Crippen LogP contribution is 2.18. The number of benzene rings is 1. The van der Waals surface area contributed by atoms with Crippen LogP contribution in [0.4, 0.5) is 4.79 Å². The first kappa shape index (κ1) is 15.5. The van der Waals surface area contributed by atoms with E-state index in [1.807, 2.05) is 30.3 Å². The number of hydrogen-bond donors (Lipinski definition) is 0. The summed E-state index contributed by atoms with van der Waals surface area (Å²) >= 11 is 0. The molecule has 1 aromatic carbocycles. The van der Waals surface area contributed by atoms with Crippen molar-refractivity contribution in [2.24, 2.45) is 0 Å². The fraction of sp³-hybridized carbons (Fsp3) is 0.118. The average molecular weight is 322 g/mol. The first-order valence-corrected chi connectivity index (χ1v) is 7.18. The molecule has 1 aromatic heterocycles. The summed E-state index contributed by atoms with van der Waals surface area (Å²) in [5, 5.41) is 0. The van der Waals surface area contributed by atoms with Gasteiger partial charge < -0.3 is 0 Å². The van der Waals surface area contributed by atoms with Crippen LogP contribution in [0.25, 0.3) is 17.5 Å². The molecule has 0 atom stereocenters. The van der Waals surface area contributed by atoms with E-state index < -0.39 is 17.8 Å². The number of amides is 4. The van der Waals surface area contributed by atoms with E-state index in [4.69, 9.17) is 0 Å². The van der Waals surface area contributed by atoms with Gasteiger partial charge in [-0.2, -0.15) is 0 Å². The van der Waals surface area contributed by atoms with Gasteiger partial charge in [0.2, 0.25) is 0 Å². The zero-order valence-corrected chi connectivity index (χ0v) is 13.1. The van der Waals surface area contributed by atoms with Crippen molar-refractivity contribution in [1.29, 1.82) is 0 Å². The molecule has 0 spiro atoms. The lowest BCUT2D eigenvalue weighted by Gasteiger charge is -2.28. The fourth-order valence-corrected chi connectivity index (χ4v) is 2.29. The number of urea groups is 1. The lowest BCUT2D eigenvalue weighted by atomic mass is 10.1. The van der Waals surface area contributed by atoms with E-state index in [0.29, 0.717) is 11.4 Å². The number of imide groups is 2. The van der Waals surface area contributed by atoms with Gasteiger partial charge in [-0.1, -0.05) is 30.3 Å². The largest absolute Gasteiger partial charge is 0.333 e. The van der Waals surface area contributed by atoms with Gasteiger partial charge in [0.1, 0.15) is 5.57 Å². The lowest BCUT2D eigenvalue weighted by molar-refractivity contribution is -0.134. The highest BCUT2D eigenvalue weighted by Gasteiger charge is 2.37. The van der Waals surface area contributed by atoms with E-state index in [1.54, 1.807) is 0 Å². The van der Waals surface area contributed by atoms with Crippen LogP contribution in [0.3, 0.4) is 0 Å². The summed E-state index contributed by atoms with van der Waals surface area (Å²) in [6, 6.07) is 8.79. The second kappa shape index (κ2) is 6.04. The normalized spacial score (nSPS) is 15.1. The smallest absolute Gasteiger partial charge is 0.268 e. The first-order valence-electron chi connectivity index (χ1n) is 7.18. The van der Waals surface area contributed by atoms with Gasteiger partial charge in [0.05, 0.1) is 0 Å². The number of aromatic nitrogens is 2. The van der Waals surface area contributed by atoms with Crippen molar-refractivity contribution in [3.63, 3.8) is 0 Å². The predicted molar refractivity (Wildman–Crippen MR) is 86.4 cm³/mol. The minimum atomic E-state index is -0.655. The maximum atomic E-state index is 12.1. The van der Waals surface area contributed by atoms with E-state index in [-0.39, 0.29) is 5.57 Å². The molecule has 0 radical (unpaired) electrons. The van der Waals surface area contributed by atoms with Crippen LogP contribution in [0.2, 0.25) is 0 Å². The Morgan fingerprint density at radius 1 is 0.875 bits per heavy atom. The molecule has 0 bridgehead atoms. The highest BCUT2D eigenvalue weighted by atomic mass is 16.2. The first-order chi connectivity index (χ1) is 11.5. The molecule has 1 saturated heterocycles. The Labute approximate surface area is 138 Å². The third-order valence-electron chi connectivity index (χ3n) is 3.66. The van der Waals surface area contributed by atoms with Crippen molar-refractivity contribution in [3.05, 3.63) is 53.9 Å². The Bertz CT molecular complexity index is 818. The SMILES string of the molecule is CN1C(=O)C(=Cc2cnc(-c3ccccc3)nc2)C(=O)N(C)C1=O. The standard InChI is InChI=1S/C17H14N4O3/c1-20-15(22)13(16(23)21(2)17(20)24)8-11-9-18-14(19-10-11)12-6-4-3-5-7-12/h3-10H,1-2H3. The summed E-state index contributed by atoms with van der Waals surface area (Å²) in [5.74, 6) is -0.742. The van der Waals surface area contributed by atoms with Crippen molar-refractivity contribution in [1.82, 2.24) is 19.8 Å². The Morgan fingerprint density at radius 3 is 1.96 bits per heavy atom. The molecule has 7 nitrogen and oxygen atoms in total. The number of nitrogens with zero attached hydrogens (tertiary/aromatic N) is 4. The fourth-order valence-electron chi connectivity index (χ4n) is 2.29. The van der Waals surface area contributed by atoms with Crippen LogP contribution in [0.1, 0.15) is 5.56 Å². The van der Waals surface area contributed by atoms with Gasteiger partial charge in [0.25, 0.3) is 11.8 Å². The van der Waals surface area contributed by atoms with Crippen LogP contribution < -0.4 is 0 Å². The van der Waals surface area contributed by atoms with E-state index in [0.717, 1.165) is 15.4 Å². The van der Waals surface area contributed by atoms with Gasteiger partial charge in [-0.25, -0.2) is 14.8 Å². The van der Waals surface area contributed by atoms with Crippen LogP contribution in [-0.2, 0) is 9.59 Å². The molecular formula is C17H14N4O3. The Kier molecular flexibility index (Phi) is 3.91. The van der Waals surface area contributed by atoms with Gasteiger partial charge in [-0.05, 0) is 6.08 Å².